The first-order valence-electron chi connectivity index (χ1n) is 7.76. The van der Waals surface area contributed by atoms with Crippen LogP contribution in [0.25, 0.3) is 0 Å². The Balaban J connectivity index is 1.64. The minimum atomic E-state index is 0.0635. The van der Waals surface area contributed by atoms with E-state index in [0.717, 1.165) is 43.7 Å². The van der Waals surface area contributed by atoms with Gasteiger partial charge in [-0.3, -0.25) is 9.69 Å². The minimum Gasteiger partial charge on any atom is -0.496 e. The van der Waals surface area contributed by atoms with Crippen LogP contribution >= 0.6 is 15.9 Å². The van der Waals surface area contributed by atoms with Gasteiger partial charge in [0.05, 0.1) is 12.7 Å². The Bertz CT molecular complexity index is 538. The van der Waals surface area contributed by atoms with Gasteiger partial charge in [-0.2, -0.15) is 0 Å². The van der Waals surface area contributed by atoms with Gasteiger partial charge in [-0.15, -0.1) is 0 Å². The summed E-state index contributed by atoms with van der Waals surface area (Å²) in [6.45, 7) is 5.67. The number of ether oxygens (including phenoxy) is 1. The van der Waals surface area contributed by atoms with E-state index in [2.05, 4.69) is 26.1 Å². The normalized spacial score (nSPS) is 22.8. The summed E-state index contributed by atoms with van der Waals surface area (Å²) in [5.41, 5.74) is 0.640. The summed E-state index contributed by atoms with van der Waals surface area (Å²) in [4.78, 5) is 17.2. The molecule has 0 aliphatic carbocycles. The molecule has 3 rings (SSSR count). The zero-order chi connectivity index (χ0) is 15.5. The maximum atomic E-state index is 12.7. The Hall–Kier alpha value is -1.11. The van der Waals surface area contributed by atoms with Crippen molar-refractivity contribution in [2.75, 3.05) is 46.4 Å². The second-order valence-corrected chi connectivity index (χ2v) is 6.74. The van der Waals surface area contributed by atoms with E-state index in [1.165, 1.54) is 6.42 Å². The first kappa shape index (κ1) is 15.8. The Morgan fingerprint density at radius 3 is 2.73 bits per heavy atom. The van der Waals surface area contributed by atoms with Gasteiger partial charge in [0.2, 0.25) is 0 Å². The second kappa shape index (κ2) is 6.98. The zero-order valence-corrected chi connectivity index (χ0v) is 14.4. The molecule has 2 aliphatic heterocycles. The molecule has 0 aromatic heterocycles. The lowest BCUT2D eigenvalue weighted by molar-refractivity contribution is 0.0581. The SMILES string of the molecule is COc1cc(Br)ccc1C(=O)N1CCN(C2CCNC2)CC1. The summed E-state index contributed by atoms with van der Waals surface area (Å²) >= 11 is 3.41. The van der Waals surface area contributed by atoms with Gasteiger partial charge in [0, 0.05) is 43.2 Å². The van der Waals surface area contributed by atoms with E-state index in [-0.39, 0.29) is 5.91 Å². The number of benzene rings is 1. The molecule has 22 heavy (non-hydrogen) atoms. The first-order chi connectivity index (χ1) is 10.7. The number of carbonyl (C=O) groups excluding carboxylic acids is 1. The van der Waals surface area contributed by atoms with Crippen molar-refractivity contribution >= 4 is 21.8 Å². The van der Waals surface area contributed by atoms with Crippen LogP contribution in [-0.2, 0) is 0 Å². The topological polar surface area (TPSA) is 44.8 Å². The smallest absolute Gasteiger partial charge is 0.257 e. The molecule has 2 fully saturated rings. The standard InChI is InChI=1S/C16H22BrN3O2/c1-22-15-10-12(17)2-3-14(15)16(21)20-8-6-19(7-9-20)13-4-5-18-11-13/h2-3,10,13,18H,4-9,11H2,1H3. The summed E-state index contributed by atoms with van der Waals surface area (Å²) in [7, 11) is 1.60. The summed E-state index contributed by atoms with van der Waals surface area (Å²) in [5, 5.41) is 3.41. The third-order valence-electron chi connectivity index (χ3n) is 4.55. The van der Waals surface area contributed by atoms with Crippen molar-refractivity contribution in [1.82, 2.24) is 15.1 Å². The number of methoxy groups -OCH3 is 1. The monoisotopic (exact) mass is 367 g/mol. The molecule has 2 saturated heterocycles. The largest absolute Gasteiger partial charge is 0.496 e. The van der Waals surface area contributed by atoms with Gasteiger partial charge in [-0.05, 0) is 31.2 Å². The fraction of sp³-hybridized carbons (Fsp3) is 0.562. The number of amides is 1. The van der Waals surface area contributed by atoms with Gasteiger partial charge in [0.15, 0.2) is 0 Å². The zero-order valence-electron chi connectivity index (χ0n) is 12.8. The number of hydrogen-bond donors (Lipinski definition) is 1. The van der Waals surface area contributed by atoms with E-state index in [1.807, 2.05) is 23.1 Å². The predicted octanol–water partition coefficient (Wildman–Crippen LogP) is 1.58. The van der Waals surface area contributed by atoms with Crippen LogP contribution in [0.5, 0.6) is 5.75 Å². The summed E-state index contributed by atoms with van der Waals surface area (Å²) in [5.74, 6) is 0.690. The number of hydrogen-bond acceptors (Lipinski definition) is 4. The molecule has 0 bridgehead atoms. The number of nitrogens with one attached hydrogen (secondary N) is 1. The van der Waals surface area contributed by atoms with Crippen molar-refractivity contribution in [1.29, 1.82) is 0 Å². The van der Waals surface area contributed by atoms with Gasteiger partial charge >= 0.3 is 0 Å². The highest BCUT2D eigenvalue weighted by atomic mass is 79.9. The van der Waals surface area contributed by atoms with Gasteiger partial charge < -0.3 is 15.0 Å². The molecule has 0 saturated carbocycles. The predicted molar refractivity (Wildman–Crippen MR) is 89.4 cm³/mol. The van der Waals surface area contributed by atoms with Crippen molar-refractivity contribution < 1.29 is 9.53 Å². The molecule has 1 aromatic rings. The van der Waals surface area contributed by atoms with Gasteiger partial charge in [0.25, 0.3) is 5.91 Å². The molecule has 0 spiro atoms. The number of halogens is 1. The van der Waals surface area contributed by atoms with Crippen molar-refractivity contribution in [3.63, 3.8) is 0 Å². The lowest BCUT2D eigenvalue weighted by atomic mass is 10.1. The van der Waals surface area contributed by atoms with Crippen molar-refractivity contribution in [2.24, 2.45) is 0 Å². The fourth-order valence-corrected chi connectivity index (χ4v) is 3.59. The van der Waals surface area contributed by atoms with Crippen molar-refractivity contribution in [3.8, 4) is 5.75 Å². The quantitative estimate of drug-likeness (QED) is 0.880. The second-order valence-electron chi connectivity index (χ2n) is 5.82. The maximum Gasteiger partial charge on any atom is 0.257 e. The Kier molecular flexibility index (Phi) is 5.00. The molecule has 2 aliphatic rings. The van der Waals surface area contributed by atoms with Crippen LogP contribution in [0.3, 0.4) is 0 Å². The molecule has 1 unspecified atom stereocenters. The van der Waals surface area contributed by atoms with E-state index in [1.54, 1.807) is 7.11 Å². The fourth-order valence-electron chi connectivity index (χ4n) is 3.25. The van der Waals surface area contributed by atoms with E-state index >= 15 is 0 Å². The molecule has 5 nitrogen and oxygen atoms in total. The van der Waals surface area contributed by atoms with Gasteiger partial charge in [0.1, 0.15) is 5.75 Å². The molecule has 1 amide bonds. The number of carbonyl (C=O) groups is 1. The molecule has 6 heteroatoms. The van der Waals surface area contributed by atoms with Crippen molar-refractivity contribution in [3.05, 3.63) is 28.2 Å². The van der Waals surface area contributed by atoms with Crippen LogP contribution in [0, 0.1) is 0 Å². The minimum absolute atomic E-state index is 0.0635. The van der Waals surface area contributed by atoms with Crippen LogP contribution in [-0.4, -0.2) is 68.1 Å². The Morgan fingerprint density at radius 2 is 2.09 bits per heavy atom. The summed E-state index contributed by atoms with van der Waals surface area (Å²) in [6.07, 6.45) is 1.22. The van der Waals surface area contributed by atoms with E-state index in [4.69, 9.17) is 4.74 Å². The number of rotatable bonds is 3. The lowest BCUT2D eigenvalue weighted by Gasteiger charge is -2.37. The summed E-state index contributed by atoms with van der Waals surface area (Å²) in [6, 6.07) is 6.20. The van der Waals surface area contributed by atoms with Crippen LogP contribution in [0.4, 0.5) is 0 Å². The molecule has 2 heterocycles. The highest BCUT2D eigenvalue weighted by Crippen LogP contribution is 2.25. The molecular formula is C16H22BrN3O2. The highest BCUT2D eigenvalue weighted by molar-refractivity contribution is 9.10. The van der Waals surface area contributed by atoms with Crippen molar-refractivity contribution in [2.45, 2.75) is 12.5 Å². The number of nitrogens with zero attached hydrogens (tertiary/aromatic N) is 2. The molecule has 0 radical (unpaired) electrons. The van der Waals surface area contributed by atoms with Gasteiger partial charge in [-0.1, -0.05) is 15.9 Å². The van der Waals surface area contributed by atoms with Gasteiger partial charge in [-0.25, -0.2) is 0 Å². The molecule has 1 atom stereocenters. The highest BCUT2D eigenvalue weighted by Gasteiger charge is 2.29. The third-order valence-corrected chi connectivity index (χ3v) is 5.04. The van der Waals surface area contributed by atoms with E-state index in [9.17, 15) is 4.79 Å². The average molecular weight is 368 g/mol. The summed E-state index contributed by atoms with van der Waals surface area (Å²) < 4.78 is 6.26. The maximum absolute atomic E-state index is 12.7. The molecule has 1 aromatic carbocycles. The third kappa shape index (κ3) is 3.29. The lowest BCUT2D eigenvalue weighted by Crippen LogP contribution is -2.52. The number of piperazine rings is 1. The average Bonchev–Trinajstić information content (AvgIpc) is 3.08. The first-order valence-corrected chi connectivity index (χ1v) is 8.56. The molecular weight excluding hydrogens is 346 g/mol. The van der Waals surface area contributed by atoms with Crippen LogP contribution in [0.15, 0.2) is 22.7 Å². The van der Waals surface area contributed by atoms with Crippen LogP contribution in [0.1, 0.15) is 16.8 Å². The van der Waals surface area contributed by atoms with E-state index < -0.39 is 0 Å². The molecule has 120 valence electrons. The Labute approximate surface area is 139 Å². The van der Waals surface area contributed by atoms with Crippen LogP contribution < -0.4 is 10.1 Å². The van der Waals surface area contributed by atoms with E-state index in [0.29, 0.717) is 17.4 Å². The Morgan fingerprint density at radius 1 is 1.32 bits per heavy atom. The van der Waals surface area contributed by atoms with Crippen LogP contribution in [0.2, 0.25) is 0 Å². The molecule has 1 N–H and O–H groups in total.